The molecule has 2 aromatic rings. The molecule has 23 heavy (non-hydrogen) atoms. The van der Waals surface area contributed by atoms with Crippen molar-refractivity contribution in [1.29, 1.82) is 0 Å². The minimum absolute atomic E-state index is 0.00314. The number of tetrazole rings is 1. The molecular formula is C15H18N6O2. The average Bonchev–Trinajstić information content (AvgIpc) is 3.15. The lowest BCUT2D eigenvalue weighted by atomic mass is 9.95. The van der Waals surface area contributed by atoms with Gasteiger partial charge in [-0.25, -0.2) is 4.68 Å². The Hall–Kier alpha value is -2.77. The largest absolute Gasteiger partial charge is 0.359 e. The number of nitrogens with zero attached hydrogens (tertiary/aromatic N) is 5. The van der Waals surface area contributed by atoms with Crippen LogP contribution in [0.25, 0.3) is 5.69 Å². The molecule has 1 N–H and O–H groups in total. The first kappa shape index (κ1) is 15.1. The van der Waals surface area contributed by atoms with Crippen molar-refractivity contribution in [3.8, 4) is 5.69 Å². The first-order valence-electron chi connectivity index (χ1n) is 7.53. The summed E-state index contributed by atoms with van der Waals surface area (Å²) < 4.78 is 1.51. The highest BCUT2D eigenvalue weighted by atomic mass is 16.2. The summed E-state index contributed by atoms with van der Waals surface area (Å²) in [6.45, 7) is 1.18. The lowest BCUT2D eigenvalue weighted by Gasteiger charge is -2.31. The van der Waals surface area contributed by atoms with Gasteiger partial charge < -0.3 is 10.2 Å². The molecule has 0 aliphatic carbocycles. The minimum Gasteiger partial charge on any atom is -0.359 e. The molecule has 0 spiro atoms. The number of amides is 2. The topological polar surface area (TPSA) is 93.0 Å². The third kappa shape index (κ3) is 3.20. The maximum Gasteiger partial charge on any atom is 0.253 e. The van der Waals surface area contributed by atoms with Gasteiger partial charge in [-0.05, 0) is 41.5 Å². The van der Waals surface area contributed by atoms with E-state index in [0.29, 0.717) is 31.5 Å². The van der Waals surface area contributed by atoms with Crippen molar-refractivity contribution in [2.24, 2.45) is 5.92 Å². The molecule has 8 heteroatoms. The van der Waals surface area contributed by atoms with E-state index >= 15 is 0 Å². The Morgan fingerprint density at radius 2 is 2.04 bits per heavy atom. The Labute approximate surface area is 133 Å². The predicted octanol–water partition coefficient (Wildman–Crippen LogP) is 0.260. The van der Waals surface area contributed by atoms with Crippen LogP contribution in [0.2, 0.25) is 0 Å². The van der Waals surface area contributed by atoms with E-state index in [1.807, 2.05) is 12.1 Å². The summed E-state index contributed by atoms with van der Waals surface area (Å²) in [5.74, 6) is 0.0182. The number of carbonyl (C=O) groups is 2. The molecule has 1 saturated heterocycles. The summed E-state index contributed by atoms with van der Waals surface area (Å²) in [6, 6.07) is 7.19. The summed E-state index contributed by atoms with van der Waals surface area (Å²) >= 11 is 0. The van der Waals surface area contributed by atoms with E-state index in [1.165, 1.54) is 11.0 Å². The van der Waals surface area contributed by atoms with Crippen molar-refractivity contribution in [2.45, 2.75) is 12.8 Å². The second-order valence-electron chi connectivity index (χ2n) is 5.49. The van der Waals surface area contributed by atoms with Crippen LogP contribution in [0.1, 0.15) is 23.2 Å². The quantitative estimate of drug-likeness (QED) is 0.877. The summed E-state index contributed by atoms with van der Waals surface area (Å²) in [5, 5.41) is 13.7. The number of benzene rings is 1. The molecule has 1 aromatic heterocycles. The Morgan fingerprint density at radius 1 is 1.26 bits per heavy atom. The molecule has 0 atom stereocenters. The molecule has 1 aliphatic heterocycles. The monoisotopic (exact) mass is 314 g/mol. The lowest BCUT2D eigenvalue weighted by Crippen LogP contribution is -2.42. The zero-order valence-electron chi connectivity index (χ0n) is 12.8. The molecule has 0 bridgehead atoms. The first-order valence-corrected chi connectivity index (χ1v) is 7.53. The number of likely N-dealkylation sites (tertiary alicyclic amines) is 1. The molecular weight excluding hydrogens is 296 g/mol. The fourth-order valence-electron chi connectivity index (χ4n) is 2.79. The van der Waals surface area contributed by atoms with E-state index < -0.39 is 0 Å². The van der Waals surface area contributed by atoms with E-state index in [9.17, 15) is 9.59 Å². The summed E-state index contributed by atoms with van der Waals surface area (Å²) in [6.07, 6.45) is 2.87. The molecule has 120 valence electrons. The molecule has 1 fully saturated rings. The van der Waals surface area contributed by atoms with Crippen LogP contribution in [0.3, 0.4) is 0 Å². The van der Waals surface area contributed by atoms with Gasteiger partial charge in [0.25, 0.3) is 5.91 Å². The summed E-state index contributed by atoms with van der Waals surface area (Å²) in [7, 11) is 1.64. The standard InChI is InChI=1S/C15H18N6O2/c1-16-14(22)11-5-7-20(8-6-11)15(23)12-3-2-4-13(9-12)21-10-17-18-19-21/h2-4,9-11H,5-8H2,1H3,(H,16,22). The van der Waals surface area contributed by atoms with Crippen molar-refractivity contribution in [3.63, 3.8) is 0 Å². The van der Waals surface area contributed by atoms with Gasteiger partial charge in [0.05, 0.1) is 5.69 Å². The van der Waals surface area contributed by atoms with Crippen LogP contribution < -0.4 is 5.32 Å². The number of piperidine rings is 1. The van der Waals surface area contributed by atoms with Crippen LogP contribution >= 0.6 is 0 Å². The summed E-state index contributed by atoms with van der Waals surface area (Å²) in [4.78, 5) is 26.1. The van der Waals surface area contributed by atoms with Gasteiger partial charge in [0.15, 0.2) is 0 Å². The van der Waals surface area contributed by atoms with Gasteiger partial charge in [0, 0.05) is 31.6 Å². The molecule has 2 heterocycles. The number of rotatable bonds is 3. The summed E-state index contributed by atoms with van der Waals surface area (Å²) in [5.41, 5.74) is 1.33. The molecule has 8 nitrogen and oxygen atoms in total. The van der Waals surface area contributed by atoms with E-state index in [2.05, 4.69) is 20.8 Å². The molecule has 1 aliphatic rings. The van der Waals surface area contributed by atoms with Gasteiger partial charge in [-0.15, -0.1) is 5.10 Å². The molecule has 1 aromatic carbocycles. The second-order valence-corrected chi connectivity index (χ2v) is 5.49. The smallest absolute Gasteiger partial charge is 0.253 e. The Balaban J connectivity index is 1.70. The van der Waals surface area contributed by atoms with E-state index in [-0.39, 0.29) is 17.7 Å². The fourth-order valence-corrected chi connectivity index (χ4v) is 2.79. The molecule has 2 amide bonds. The van der Waals surface area contributed by atoms with Crippen LogP contribution in [-0.4, -0.2) is 57.1 Å². The van der Waals surface area contributed by atoms with Gasteiger partial charge >= 0.3 is 0 Å². The van der Waals surface area contributed by atoms with E-state index in [4.69, 9.17) is 0 Å². The van der Waals surface area contributed by atoms with Crippen molar-refractivity contribution >= 4 is 11.8 Å². The first-order chi connectivity index (χ1) is 11.2. The van der Waals surface area contributed by atoms with Gasteiger partial charge in [-0.2, -0.15) is 0 Å². The predicted molar refractivity (Wildman–Crippen MR) is 81.8 cm³/mol. The van der Waals surface area contributed by atoms with Gasteiger partial charge in [0.1, 0.15) is 6.33 Å². The van der Waals surface area contributed by atoms with Crippen LogP contribution in [0.15, 0.2) is 30.6 Å². The van der Waals surface area contributed by atoms with Crippen LogP contribution in [0.4, 0.5) is 0 Å². The molecule has 0 unspecified atom stereocenters. The minimum atomic E-state index is -0.0321. The number of aromatic nitrogens is 4. The van der Waals surface area contributed by atoms with Crippen LogP contribution in [0.5, 0.6) is 0 Å². The second kappa shape index (κ2) is 6.55. The van der Waals surface area contributed by atoms with Gasteiger partial charge in [-0.1, -0.05) is 6.07 Å². The number of nitrogens with one attached hydrogen (secondary N) is 1. The highest BCUT2D eigenvalue weighted by Gasteiger charge is 2.27. The molecule has 0 radical (unpaired) electrons. The van der Waals surface area contributed by atoms with E-state index in [0.717, 1.165) is 5.69 Å². The normalized spacial score (nSPS) is 15.4. The fraction of sp³-hybridized carbons (Fsp3) is 0.400. The molecule has 3 rings (SSSR count). The Bertz CT molecular complexity index is 692. The maximum atomic E-state index is 12.6. The highest BCUT2D eigenvalue weighted by molar-refractivity contribution is 5.95. The lowest BCUT2D eigenvalue weighted by molar-refractivity contribution is -0.125. The van der Waals surface area contributed by atoms with Gasteiger partial charge in [0.2, 0.25) is 5.91 Å². The number of hydrogen-bond acceptors (Lipinski definition) is 5. The Kier molecular flexibility index (Phi) is 4.31. The van der Waals surface area contributed by atoms with Gasteiger partial charge in [-0.3, -0.25) is 9.59 Å². The van der Waals surface area contributed by atoms with E-state index in [1.54, 1.807) is 24.1 Å². The number of hydrogen-bond donors (Lipinski definition) is 1. The van der Waals surface area contributed by atoms with Crippen molar-refractivity contribution in [3.05, 3.63) is 36.2 Å². The third-order valence-electron chi connectivity index (χ3n) is 4.11. The molecule has 0 saturated carbocycles. The SMILES string of the molecule is CNC(=O)C1CCN(C(=O)c2cccc(-n3cnnn3)c2)CC1. The van der Waals surface area contributed by atoms with Crippen molar-refractivity contribution in [1.82, 2.24) is 30.4 Å². The third-order valence-corrected chi connectivity index (χ3v) is 4.11. The van der Waals surface area contributed by atoms with Crippen LogP contribution in [0, 0.1) is 5.92 Å². The zero-order valence-corrected chi connectivity index (χ0v) is 12.8. The number of carbonyl (C=O) groups excluding carboxylic acids is 2. The van der Waals surface area contributed by atoms with Crippen molar-refractivity contribution in [2.75, 3.05) is 20.1 Å². The maximum absolute atomic E-state index is 12.6. The average molecular weight is 314 g/mol. The van der Waals surface area contributed by atoms with Crippen LogP contribution in [-0.2, 0) is 4.79 Å². The highest BCUT2D eigenvalue weighted by Crippen LogP contribution is 2.20. The van der Waals surface area contributed by atoms with Crippen molar-refractivity contribution < 1.29 is 9.59 Å². The Morgan fingerprint density at radius 3 is 2.70 bits per heavy atom. The zero-order chi connectivity index (χ0) is 16.2.